The van der Waals surface area contributed by atoms with Crippen molar-refractivity contribution in [2.24, 2.45) is 0 Å². The van der Waals surface area contributed by atoms with Gasteiger partial charge in [-0.2, -0.15) is 0 Å². The van der Waals surface area contributed by atoms with E-state index in [4.69, 9.17) is 0 Å². The minimum absolute atomic E-state index is 0.724. The van der Waals surface area contributed by atoms with Crippen LogP contribution in [0.3, 0.4) is 0 Å². The van der Waals surface area contributed by atoms with Gasteiger partial charge in [-0.15, -0.1) is 11.3 Å². The maximum atomic E-state index is 4.43. The lowest BCUT2D eigenvalue weighted by molar-refractivity contribution is 1.12. The molecule has 0 saturated heterocycles. The van der Waals surface area contributed by atoms with Crippen LogP contribution in [0.1, 0.15) is 6.92 Å². The Kier molecular flexibility index (Phi) is 3.24. The third kappa shape index (κ3) is 2.63. The van der Waals surface area contributed by atoms with Gasteiger partial charge in [0.25, 0.3) is 0 Å². The summed E-state index contributed by atoms with van der Waals surface area (Å²) in [6, 6.07) is 6.05. The summed E-state index contributed by atoms with van der Waals surface area (Å²) in [5.41, 5.74) is 3.85. The summed E-state index contributed by atoms with van der Waals surface area (Å²) in [4.78, 5) is 12.8. The maximum Gasteiger partial charge on any atom is 0.151 e. The zero-order valence-corrected chi connectivity index (χ0v) is 11.2. The van der Waals surface area contributed by atoms with E-state index in [9.17, 15) is 0 Å². The van der Waals surface area contributed by atoms with Gasteiger partial charge in [0.1, 0.15) is 5.82 Å². The molecule has 0 bridgehead atoms. The smallest absolute Gasteiger partial charge is 0.151 e. The molecule has 0 fully saturated rings. The molecule has 2 N–H and O–H groups in total. The van der Waals surface area contributed by atoms with Gasteiger partial charge >= 0.3 is 0 Å². The van der Waals surface area contributed by atoms with Crippen LogP contribution in [0.25, 0.3) is 10.2 Å². The van der Waals surface area contributed by atoms with Crippen molar-refractivity contribution in [3.8, 4) is 0 Å². The molecule has 2 aromatic heterocycles. The van der Waals surface area contributed by atoms with Crippen LogP contribution in [0.2, 0.25) is 0 Å². The molecule has 3 rings (SSSR count). The summed E-state index contributed by atoms with van der Waals surface area (Å²) in [6.45, 7) is 2.85. The summed E-state index contributed by atoms with van der Waals surface area (Å²) in [6.07, 6.45) is 3.42. The lowest BCUT2D eigenvalue weighted by Crippen LogP contribution is -2.02. The van der Waals surface area contributed by atoms with Crippen molar-refractivity contribution in [1.82, 2.24) is 15.0 Å². The zero-order valence-electron chi connectivity index (χ0n) is 10.4. The number of anilines is 3. The lowest BCUT2D eigenvalue weighted by Gasteiger charge is -2.07. The third-order valence-electron chi connectivity index (χ3n) is 2.60. The highest BCUT2D eigenvalue weighted by atomic mass is 32.1. The van der Waals surface area contributed by atoms with Gasteiger partial charge in [-0.1, -0.05) is 0 Å². The van der Waals surface area contributed by atoms with Gasteiger partial charge in [0, 0.05) is 12.2 Å². The standard InChI is InChI=1S/C13H13N5S/c1-2-15-12-6-14-7-13(18-12)17-9-3-4-10-11(5-9)19-8-16-10/h3-8H,2H2,1H3,(H2,15,17,18). The third-order valence-corrected chi connectivity index (χ3v) is 3.39. The molecule has 6 heteroatoms. The molecule has 0 aliphatic heterocycles. The predicted molar refractivity (Wildman–Crippen MR) is 79.1 cm³/mol. The number of aromatic nitrogens is 3. The number of nitrogens with one attached hydrogen (secondary N) is 2. The minimum Gasteiger partial charge on any atom is -0.369 e. The Morgan fingerprint density at radius 1 is 1.21 bits per heavy atom. The van der Waals surface area contributed by atoms with Crippen molar-refractivity contribution in [2.75, 3.05) is 17.2 Å². The number of hydrogen-bond donors (Lipinski definition) is 2. The van der Waals surface area contributed by atoms with E-state index in [2.05, 4.69) is 31.7 Å². The normalized spacial score (nSPS) is 10.6. The van der Waals surface area contributed by atoms with Crippen LogP contribution < -0.4 is 10.6 Å². The highest BCUT2D eigenvalue weighted by molar-refractivity contribution is 7.16. The molecular weight excluding hydrogens is 258 g/mol. The molecule has 0 radical (unpaired) electrons. The van der Waals surface area contributed by atoms with Crippen molar-refractivity contribution in [1.29, 1.82) is 0 Å². The van der Waals surface area contributed by atoms with Gasteiger partial charge in [0.15, 0.2) is 5.82 Å². The molecule has 0 unspecified atom stereocenters. The van der Waals surface area contributed by atoms with Gasteiger partial charge in [-0.3, -0.25) is 4.98 Å². The first kappa shape index (κ1) is 11.9. The SMILES string of the molecule is CCNc1cncc(Nc2ccc3ncsc3c2)n1. The second-order valence-electron chi connectivity index (χ2n) is 3.98. The largest absolute Gasteiger partial charge is 0.369 e. The first-order valence-electron chi connectivity index (χ1n) is 6.01. The molecule has 2 heterocycles. The average Bonchev–Trinajstić information content (AvgIpc) is 2.87. The van der Waals surface area contributed by atoms with Crippen LogP contribution >= 0.6 is 11.3 Å². The van der Waals surface area contributed by atoms with Crippen LogP contribution in [-0.2, 0) is 0 Å². The first-order valence-corrected chi connectivity index (χ1v) is 6.89. The van der Waals surface area contributed by atoms with E-state index in [-0.39, 0.29) is 0 Å². The Morgan fingerprint density at radius 2 is 2.11 bits per heavy atom. The van der Waals surface area contributed by atoms with E-state index in [1.165, 1.54) is 0 Å². The molecule has 3 aromatic rings. The number of benzene rings is 1. The van der Waals surface area contributed by atoms with E-state index in [1.807, 2.05) is 24.6 Å². The molecule has 0 saturated carbocycles. The zero-order chi connectivity index (χ0) is 13.1. The summed E-state index contributed by atoms with van der Waals surface area (Å²) < 4.78 is 1.15. The number of fused-ring (bicyclic) bond motifs is 1. The van der Waals surface area contributed by atoms with Gasteiger partial charge in [-0.05, 0) is 25.1 Å². The van der Waals surface area contributed by atoms with Crippen LogP contribution in [0.4, 0.5) is 17.3 Å². The van der Waals surface area contributed by atoms with Crippen molar-refractivity contribution >= 4 is 38.9 Å². The highest BCUT2D eigenvalue weighted by Gasteiger charge is 2.01. The molecule has 0 spiro atoms. The van der Waals surface area contributed by atoms with E-state index < -0.39 is 0 Å². The van der Waals surface area contributed by atoms with Crippen LogP contribution in [0.5, 0.6) is 0 Å². The molecule has 19 heavy (non-hydrogen) atoms. The van der Waals surface area contributed by atoms with Gasteiger partial charge in [0.2, 0.25) is 0 Å². The summed E-state index contributed by atoms with van der Waals surface area (Å²) >= 11 is 1.62. The fraction of sp³-hybridized carbons (Fsp3) is 0.154. The van der Waals surface area contributed by atoms with E-state index in [0.29, 0.717) is 0 Å². The van der Waals surface area contributed by atoms with E-state index in [0.717, 1.165) is 34.1 Å². The molecule has 0 aliphatic rings. The van der Waals surface area contributed by atoms with Crippen molar-refractivity contribution < 1.29 is 0 Å². The molecule has 0 atom stereocenters. The number of hydrogen-bond acceptors (Lipinski definition) is 6. The van der Waals surface area contributed by atoms with Crippen LogP contribution in [-0.4, -0.2) is 21.5 Å². The summed E-state index contributed by atoms with van der Waals surface area (Å²) in [7, 11) is 0. The second-order valence-corrected chi connectivity index (χ2v) is 4.87. The van der Waals surface area contributed by atoms with Crippen molar-refractivity contribution in [3.63, 3.8) is 0 Å². The number of nitrogens with zero attached hydrogens (tertiary/aromatic N) is 3. The van der Waals surface area contributed by atoms with E-state index in [1.54, 1.807) is 23.7 Å². The van der Waals surface area contributed by atoms with E-state index >= 15 is 0 Å². The summed E-state index contributed by atoms with van der Waals surface area (Å²) in [5.74, 6) is 1.49. The maximum absolute atomic E-state index is 4.43. The Morgan fingerprint density at radius 3 is 3.00 bits per heavy atom. The second kappa shape index (κ2) is 5.19. The van der Waals surface area contributed by atoms with Crippen LogP contribution in [0, 0.1) is 0 Å². The van der Waals surface area contributed by atoms with Crippen LogP contribution in [0.15, 0.2) is 36.1 Å². The molecule has 0 aliphatic carbocycles. The predicted octanol–water partition coefficient (Wildman–Crippen LogP) is 3.26. The van der Waals surface area contributed by atoms with Gasteiger partial charge in [-0.25, -0.2) is 9.97 Å². The Hall–Kier alpha value is -2.21. The first-order chi connectivity index (χ1) is 9.35. The monoisotopic (exact) mass is 271 g/mol. The van der Waals surface area contributed by atoms with Gasteiger partial charge in [0.05, 0.1) is 28.1 Å². The minimum atomic E-state index is 0.724. The quantitative estimate of drug-likeness (QED) is 0.762. The Bertz CT molecular complexity index is 694. The fourth-order valence-corrected chi connectivity index (χ4v) is 2.49. The molecule has 1 aromatic carbocycles. The average molecular weight is 271 g/mol. The number of rotatable bonds is 4. The Labute approximate surface area is 114 Å². The molecule has 0 amide bonds. The molecule has 5 nitrogen and oxygen atoms in total. The Balaban J connectivity index is 1.85. The topological polar surface area (TPSA) is 62.7 Å². The number of thiazole rings is 1. The molecular formula is C13H13N5S. The van der Waals surface area contributed by atoms with Gasteiger partial charge < -0.3 is 10.6 Å². The fourth-order valence-electron chi connectivity index (χ4n) is 1.77. The van der Waals surface area contributed by atoms with Crippen molar-refractivity contribution in [2.45, 2.75) is 6.92 Å². The van der Waals surface area contributed by atoms with Crippen molar-refractivity contribution in [3.05, 3.63) is 36.1 Å². The molecule has 96 valence electrons. The highest BCUT2D eigenvalue weighted by Crippen LogP contribution is 2.23. The lowest BCUT2D eigenvalue weighted by atomic mass is 10.3. The summed E-state index contributed by atoms with van der Waals surface area (Å²) in [5, 5.41) is 6.39.